The van der Waals surface area contributed by atoms with E-state index in [1.807, 2.05) is 25.1 Å². The van der Waals surface area contributed by atoms with Crippen molar-refractivity contribution < 1.29 is 19.1 Å². The highest BCUT2D eigenvalue weighted by molar-refractivity contribution is 6.00. The zero-order chi connectivity index (χ0) is 18.5. The first kappa shape index (κ1) is 17.5. The Morgan fingerprint density at radius 2 is 2.04 bits per heavy atom. The normalized spacial score (nSPS) is 12.8. The van der Waals surface area contributed by atoms with E-state index in [4.69, 9.17) is 9.47 Å². The SMILES string of the molecule is C=C(C)CN1C(=O)COc2ccc(NC(=O)COc3ccccc3)cc21. The number of ether oxygens (including phenoxy) is 2. The van der Waals surface area contributed by atoms with Crippen LogP contribution in [0.3, 0.4) is 0 Å². The van der Waals surface area contributed by atoms with Gasteiger partial charge in [0.05, 0.1) is 5.69 Å². The van der Waals surface area contributed by atoms with Crippen LogP contribution in [0.1, 0.15) is 6.92 Å². The lowest BCUT2D eigenvalue weighted by atomic mass is 10.2. The van der Waals surface area contributed by atoms with Crippen molar-refractivity contribution in [3.63, 3.8) is 0 Å². The fourth-order valence-corrected chi connectivity index (χ4v) is 2.59. The first-order chi connectivity index (χ1) is 12.5. The minimum absolute atomic E-state index is 0.00307. The number of hydrogen-bond donors (Lipinski definition) is 1. The molecule has 1 aliphatic heterocycles. The van der Waals surface area contributed by atoms with Crippen LogP contribution >= 0.6 is 0 Å². The molecule has 0 bridgehead atoms. The summed E-state index contributed by atoms with van der Waals surface area (Å²) in [6.07, 6.45) is 0. The Morgan fingerprint density at radius 1 is 1.27 bits per heavy atom. The van der Waals surface area contributed by atoms with E-state index < -0.39 is 0 Å². The molecule has 6 nitrogen and oxygen atoms in total. The lowest BCUT2D eigenvalue weighted by molar-refractivity contribution is -0.121. The molecule has 0 fully saturated rings. The third kappa shape index (κ3) is 4.22. The average Bonchev–Trinajstić information content (AvgIpc) is 2.63. The van der Waals surface area contributed by atoms with Crippen molar-refractivity contribution in [3.05, 3.63) is 60.7 Å². The van der Waals surface area contributed by atoms with E-state index in [2.05, 4.69) is 11.9 Å². The highest BCUT2D eigenvalue weighted by Crippen LogP contribution is 2.34. The quantitative estimate of drug-likeness (QED) is 0.812. The minimum atomic E-state index is -0.289. The number of anilines is 2. The number of amides is 2. The summed E-state index contributed by atoms with van der Waals surface area (Å²) in [4.78, 5) is 25.9. The van der Waals surface area contributed by atoms with E-state index in [9.17, 15) is 9.59 Å². The molecule has 2 aromatic rings. The van der Waals surface area contributed by atoms with Gasteiger partial charge in [-0.3, -0.25) is 9.59 Å². The number of carbonyl (C=O) groups excluding carboxylic acids is 2. The van der Waals surface area contributed by atoms with Crippen molar-refractivity contribution >= 4 is 23.2 Å². The Balaban J connectivity index is 1.69. The van der Waals surface area contributed by atoms with Gasteiger partial charge in [0.15, 0.2) is 13.2 Å². The van der Waals surface area contributed by atoms with Crippen LogP contribution in [0.5, 0.6) is 11.5 Å². The number of benzene rings is 2. The van der Waals surface area contributed by atoms with E-state index in [0.29, 0.717) is 29.4 Å². The molecule has 1 aliphatic rings. The number of nitrogens with one attached hydrogen (secondary N) is 1. The molecule has 0 atom stereocenters. The van der Waals surface area contributed by atoms with Crippen molar-refractivity contribution in [1.82, 2.24) is 0 Å². The molecule has 0 aromatic heterocycles. The van der Waals surface area contributed by atoms with Crippen LogP contribution in [-0.2, 0) is 9.59 Å². The number of rotatable bonds is 6. The molecule has 134 valence electrons. The predicted molar refractivity (Wildman–Crippen MR) is 99.7 cm³/mol. The van der Waals surface area contributed by atoms with Crippen LogP contribution < -0.4 is 19.7 Å². The summed E-state index contributed by atoms with van der Waals surface area (Å²) in [5.41, 5.74) is 2.04. The van der Waals surface area contributed by atoms with Crippen molar-refractivity contribution in [2.45, 2.75) is 6.92 Å². The van der Waals surface area contributed by atoms with Gasteiger partial charge in [-0.2, -0.15) is 0 Å². The van der Waals surface area contributed by atoms with Gasteiger partial charge in [0.25, 0.3) is 11.8 Å². The van der Waals surface area contributed by atoms with Gasteiger partial charge >= 0.3 is 0 Å². The maximum Gasteiger partial charge on any atom is 0.265 e. The monoisotopic (exact) mass is 352 g/mol. The molecule has 6 heteroatoms. The number of nitrogens with zero attached hydrogens (tertiary/aromatic N) is 1. The van der Waals surface area contributed by atoms with Crippen molar-refractivity contribution in [2.24, 2.45) is 0 Å². The van der Waals surface area contributed by atoms with E-state index in [1.54, 1.807) is 35.2 Å². The minimum Gasteiger partial charge on any atom is -0.484 e. The standard InChI is InChI=1S/C20H20N2O4/c1-14(2)11-22-17-10-15(8-9-18(17)26-13-20(22)24)21-19(23)12-25-16-6-4-3-5-7-16/h3-10H,1,11-13H2,2H3,(H,21,23). The molecule has 0 aliphatic carbocycles. The molecule has 2 amide bonds. The molecule has 0 saturated carbocycles. The Kier molecular flexibility index (Phi) is 5.22. The van der Waals surface area contributed by atoms with Crippen molar-refractivity contribution in [1.29, 1.82) is 0 Å². The summed E-state index contributed by atoms with van der Waals surface area (Å²) < 4.78 is 10.9. The summed E-state index contributed by atoms with van der Waals surface area (Å²) in [6, 6.07) is 14.3. The van der Waals surface area contributed by atoms with Gasteiger partial charge in [-0.25, -0.2) is 0 Å². The third-order valence-corrected chi connectivity index (χ3v) is 3.73. The van der Waals surface area contributed by atoms with Crippen LogP contribution in [0.2, 0.25) is 0 Å². The summed E-state index contributed by atoms with van der Waals surface area (Å²) in [7, 11) is 0. The second kappa shape index (κ2) is 7.74. The van der Waals surface area contributed by atoms with Crippen LogP contribution in [-0.4, -0.2) is 31.6 Å². The Labute approximate surface area is 152 Å². The number of hydrogen-bond acceptors (Lipinski definition) is 4. The zero-order valence-electron chi connectivity index (χ0n) is 14.5. The molecule has 0 saturated heterocycles. The summed E-state index contributed by atoms with van der Waals surface area (Å²) in [6.45, 7) is 6.01. The van der Waals surface area contributed by atoms with E-state index in [-0.39, 0.29) is 25.0 Å². The highest BCUT2D eigenvalue weighted by Gasteiger charge is 2.25. The molecule has 0 spiro atoms. The largest absolute Gasteiger partial charge is 0.484 e. The van der Waals surface area contributed by atoms with Gasteiger partial charge in [-0.05, 0) is 37.3 Å². The lowest BCUT2D eigenvalue weighted by Gasteiger charge is -2.30. The fourth-order valence-electron chi connectivity index (χ4n) is 2.59. The Morgan fingerprint density at radius 3 is 2.77 bits per heavy atom. The zero-order valence-corrected chi connectivity index (χ0v) is 14.5. The number of carbonyl (C=O) groups is 2. The van der Waals surface area contributed by atoms with Crippen LogP contribution in [0.25, 0.3) is 0 Å². The number of para-hydroxylation sites is 1. The molecule has 1 N–H and O–H groups in total. The van der Waals surface area contributed by atoms with Gasteiger partial charge in [0.1, 0.15) is 11.5 Å². The second-order valence-electron chi connectivity index (χ2n) is 6.06. The molecule has 0 radical (unpaired) electrons. The first-order valence-electron chi connectivity index (χ1n) is 8.22. The van der Waals surface area contributed by atoms with E-state index in [1.165, 1.54) is 0 Å². The summed E-state index contributed by atoms with van der Waals surface area (Å²) in [5, 5.41) is 2.77. The lowest BCUT2D eigenvalue weighted by Crippen LogP contribution is -2.39. The van der Waals surface area contributed by atoms with Crippen molar-refractivity contribution in [2.75, 3.05) is 30.0 Å². The van der Waals surface area contributed by atoms with Gasteiger partial charge in [-0.15, -0.1) is 0 Å². The number of fused-ring (bicyclic) bond motifs is 1. The Hall–Kier alpha value is -3.28. The molecular formula is C20H20N2O4. The molecule has 0 unspecified atom stereocenters. The van der Waals surface area contributed by atoms with Crippen LogP contribution in [0.15, 0.2) is 60.7 Å². The average molecular weight is 352 g/mol. The van der Waals surface area contributed by atoms with Gasteiger partial charge < -0.3 is 19.7 Å². The maximum atomic E-state index is 12.1. The van der Waals surface area contributed by atoms with E-state index in [0.717, 1.165) is 5.57 Å². The molecule has 1 heterocycles. The van der Waals surface area contributed by atoms with Gasteiger partial charge in [-0.1, -0.05) is 30.4 Å². The summed E-state index contributed by atoms with van der Waals surface area (Å²) >= 11 is 0. The van der Waals surface area contributed by atoms with Gasteiger partial charge in [0, 0.05) is 12.2 Å². The fraction of sp³-hybridized carbons (Fsp3) is 0.200. The molecule has 2 aromatic carbocycles. The smallest absolute Gasteiger partial charge is 0.265 e. The van der Waals surface area contributed by atoms with Crippen LogP contribution in [0.4, 0.5) is 11.4 Å². The third-order valence-electron chi connectivity index (χ3n) is 3.73. The van der Waals surface area contributed by atoms with E-state index >= 15 is 0 Å². The Bertz CT molecular complexity index is 833. The van der Waals surface area contributed by atoms with Crippen molar-refractivity contribution in [3.8, 4) is 11.5 Å². The topological polar surface area (TPSA) is 67.9 Å². The second-order valence-corrected chi connectivity index (χ2v) is 6.06. The molecular weight excluding hydrogens is 332 g/mol. The predicted octanol–water partition coefficient (Wildman–Crippen LogP) is 3.01. The molecule has 26 heavy (non-hydrogen) atoms. The maximum absolute atomic E-state index is 12.1. The van der Waals surface area contributed by atoms with Crippen LogP contribution in [0, 0.1) is 0 Å². The van der Waals surface area contributed by atoms with Gasteiger partial charge in [0.2, 0.25) is 0 Å². The highest BCUT2D eigenvalue weighted by atomic mass is 16.5. The first-order valence-corrected chi connectivity index (χ1v) is 8.22. The summed E-state index contributed by atoms with van der Waals surface area (Å²) in [5.74, 6) is 0.795. The molecule has 3 rings (SSSR count).